The normalized spacial score (nSPS) is 17.7. The summed E-state index contributed by atoms with van der Waals surface area (Å²) in [6, 6.07) is 18.5. The average molecular weight is 482 g/mol. The second kappa shape index (κ2) is 10.1. The molecule has 2 aromatic heterocycles. The van der Waals surface area contributed by atoms with Crippen molar-refractivity contribution in [2.75, 3.05) is 18.0 Å². The van der Waals surface area contributed by atoms with Gasteiger partial charge in [-0.15, -0.1) is 0 Å². The number of carbonyl (C=O) groups is 1. The number of anilines is 1. The fourth-order valence-electron chi connectivity index (χ4n) is 5.51. The predicted molar refractivity (Wildman–Crippen MR) is 140 cm³/mol. The third-order valence-electron chi connectivity index (χ3n) is 7.35. The zero-order valence-corrected chi connectivity index (χ0v) is 20.4. The summed E-state index contributed by atoms with van der Waals surface area (Å²) >= 11 is 0. The maximum absolute atomic E-state index is 12.9. The van der Waals surface area contributed by atoms with Gasteiger partial charge in [0.25, 0.3) is 5.71 Å². The van der Waals surface area contributed by atoms with Gasteiger partial charge >= 0.3 is 0 Å². The Morgan fingerprint density at radius 1 is 0.972 bits per heavy atom. The van der Waals surface area contributed by atoms with Crippen LogP contribution in [0.3, 0.4) is 0 Å². The quantitative estimate of drug-likeness (QED) is 0.397. The molecule has 7 nitrogen and oxygen atoms in total. The molecule has 1 saturated heterocycles. The molecule has 3 heterocycles. The summed E-state index contributed by atoms with van der Waals surface area (Å²) in [6.07, 6.45) is 7.45. The average Bonchev–Trinajstić information content (AvgIpc) is 3.37. The van der Waals surface area contributed by atoms with Crippen molar-refractivity contribution in [3.8, 4) is 11.3 Å². The van der Waals surface area contributed by atoms with Crippen molar-refractivity contribution in [2.24, 2.45) is 0 Å². The van der Waals surface area contributed by atoms with Crippen LogP contribution in [0.25, 0.3) is 22.4 Å². The van der Waals surface area contributed by atoms with E-state index >= 15 is 0 Å². The number of amides is 1. The molecule has 0 saturated carbocycles. The maximum Gasteiger partial charge on any atom is 0.263 e. The number of rotatable bonds is 6. The number of fused-ring (bicyclic) bond motifs is 2. The monoisotopic (exact) mass is 481 g/mol. The molecule has 2 aromatic carbocycles. The minimum atomic E-state index is 0.0301. The van der Waals surface area contributed by atoms with Gasteiger partial charge in [-0.05, 0) is 49.7 Å². The Balaban J connectivity index is 1.24. The number of nitrogens with zero attached hydrogens (tertiary/aromatic N) is 4. The van der Waals surface area contributed by atoms with Crippen LogP contribution in [0.1, 0.15) is 61.5 Å². The number of hydrogen-bond acceptors (Lipinski definition) is 6. The Hall–Kier alpha value is -3.74. The molecule has 0 radical (unpaired) electrons. The van der Waals surface area contributed by atoms with Crippen molar-refractivity contribution >= 4 is 22.8 Å². The largest absolute Gasteiger partial charge is 0.356 e. The Labute approximate surface area is 210 Å². The molecule has 6 rings (SSSR count). The maximum atomic E-state index is 12.9. The van der Waals surface area contributed by atoms with Gasteiger partial charge in [-0.3, -0.25) is 4.79 Å². The minimum absolute atomic E-state index is 0.0301. The van der Waals surface area contributed by atoms with Gasteiger partial charge in [0.15, 0.2) is 0 Å². The molecular formula is C29H31N5O2. The summed E-state index contributed by atoms with van der Waals surface area (Å²) in [5.41, 5.74) is 4.83. The molecule has 1 atom stereocenters. The second-order valence-electron chi connectivity index (χ2n) is 9.80. The van der Waals surface area contributed by atoms with Crippen LogP contribution in [0.15, 0.2) is 59.1 Å². The van der Waals surface area contributed by atoms with E-state index in [-0.39, 0.29) is 11.9 Å². The van der Waals surface area contributed by atoms with Crippen LogP contribution >= 0.6 is 0 Å². The van der Waals surface area contributed by atoms with Crippen molar-refractivity contribution in [2.45, 2.75) is 57.4 Å². The highest BCUT2D eigenvalue weighted by Gasteiger charge is 2.25. The van der Waals surface area contributed by atoms with Crippen molar-refractivity contribution in [3.63, 3.8) is 0 Å². The van der Waals surface area contributed by atoms with Crippen molar-refractivity contribution < 1.29 is 9.32 Å². The van der Waals surface area contributed by atoms with Crippen LogP contribution in [-0.2, 0) is 17.6 Å². The summed E-state index contributed by atoms with van der Waals surface area (Å²) in [5.74, 6) is 1.52. The van der Waals surface area contributed by atoms with E-state index in [9.17, 15) is 4.79 Å². The second-order valence-corrected chi connectivity index (χ2v) is 9.80. The highest BCUT2D eigenvalue weighted by atomic mass is 16.5. The van der Waals surface area contributed by atoms with Gasteiger partial charge < -0.3 is 14.7 Å². The SMILES string of the molecule is O=C(CCc1nc(N2CCCCC2)c2c(-c3ccccc3)noc2n1)NC1CCCc2ccccc21. The number of piperidine rings is 1. The molecule has 1 aliphatic carbocycles. The summed E-state index contributed by atoms with van der Waals surface area (Å²) in [6.45, 7) is 1.90. The Morgan fingerprint density at radius 2 is 1.78 bits per heavy atom. The lowest BCUT2D eigenvalue weighted by Gasteiger charge is -2.28. The van der Waals surface area contributed by atoms with Crippen LogP contribution in [0.2, 0.25) is 0 Å². The molecule has 1 N–H and O–H groups in total. The number of benzene rings is 2. The number of aromatic nitrogens is 3. The molecular weight excluding hydrogens is 450 g/mol. The standard InChI is InChI=1S/C29H31N5O2/c35-25(30-23-15-9-13-20-10-5-6-14-22(20)23)17-16-24-31-28(34-18-7-2-8-19-34)26-27(33-36-29(26)32-24)21-11-3-1-4-12-21/h1,3-6,10-12,14,23H,2,7-9,13,15-19H2,(H,30,35). The van der Waals surface area contributed by atoms with Gasteiger partial charge in [-0.2, -0.15) is 4.98 Å². The lowest BCUT2D eigenvalue weighted by atomic mass is 9.87. The third kappa shape index (κ3) is 4.57. The van der Waals surface area contributed by atoms with E-state index in [0.29, 0.717) is 24.4 Å². The molecule has 2 aliphatic rings. The highest BCUT2D eigenvalue weighted by molar-refractivity contribution is 5.98. The van der Waals surface area contributed by atoms with Crippen molar-refractivity contribution in [1.29, 1.82) is 0 Å². The Morgan fingerprint density at radius 3 is 2.64 bits per heavy atom. The smallest absolute Gasteiger partial charge is 0.263 e. The van der Waals surface area contributed by atoms with Crippen molar-refractivity contribution in [3.05, 3.63) is 71.5 Å². The van der Waals surface area contributed by atoms with Gasteiger partial charge in [0, 0.05) is 31.5 Å². The van der Waals surface area contributed by atoms with E-state index in [1.807, 2.05) is 30.3 Å². The van der Waals surface area contributed by atoms with Crippen LogP contribution < -0.4 is 10.2 Å². The van der Waals surface area contributed by atoms with Gasteiger partial charge in [-0.1, -0.05) is 59.8 Å². The Bertz CT molecular complexity index is 1360. The first kappa shape index (κ1) is 22.7. The van der Waals surface area contributed by atoms with Gasteiger partial charge in [0.05, 0.1) is 6.04 Å². The van der Waals surface area contributed by atoms with Crippen LogP contribution in [0.5, 0.6) is 0 Å². The molecule has 36 heavy (non-hydrogen) atoms. The number of carbonyl (C=O) groups excluding carboxylic acids is 1. The van der Waals surface area contributed by atoms with Gasteiger partial charge in [-0.25, -0.2) is 4.98 Å². The van der Waals surface area contributed by atoms with E-state index in [0.717, 1.165) is 67.7 Å². The summed E-state index contributed by atoms with van der Waals surface area (Å²) in [4.78, 5) is 24.9. The number of nitrogens with one attached hydrogen (secondary N) is 1. The van der Waals surface area contributed by atoms with Crippen LogP contribution in [-0.4, -0.2) is 34.1 Å². The van der Waals surface area contributed by atoms with Crippen LogP contribution in [0, 0.1) is 0 Å². The zero-order valence-electron chi connectivity index (χ0n) is 20.4. The molecule has 0 spiro atoms. The van der Waals surface area contributed by atoms with Gasteiger partial charge in [0.1, 0.15) is 22.7 Å². The van der Waals surface area contributed by atoms with E-state index in [1.54, 1.807) is 0 Å². The number of hydrogen-bond donors (Lipinski definition) is 1. The van der Waals surface area contributed by atoms with Gasteiger partial charge in [0.2, 0.25) is 5.91 Å². The molecule has 184 valence electrons. The Kier molecular flexibility index (Phi) is 6.36. The first-order valence-electron chi connectivity index (χ1n) is 13.1. The first-order valence-corrected chi connectivity index (χ1v) is 13.1. The molecule has 1 fully saturated rings. The fourth-order valence-corrected chi connectivity index (χ4v) is 5.51. The number of aryl methyl sites for hydroxylation is 2. The molecule has 1 aliphatic heterocycles. The zero-order chi connectivity index (χ0) is 24.3. The van der Waals surface area contributed by atoms with E-state index < -0.39 is 0 Å². The molecule has 1 amide bonds. The summed E-state index contributed by atoms with van der Waals surface area (Å²) in [5, 5.41) is 8.47. The van der Waals surface area contributed by atoms with E-state index in [4.69, 9.17) is 9.51 Å². The fraction of sp³-hybridized carbons (Fsp3) is 0.379. The first-order chi connectivity index (χ1) is 17.8. The molecule has 4 aromatic rings. The molecule has 1 unspecified atom stereocenters. The molecule has 7 heteroatoms. The van der Waals surface area contributed by atoms with E-state index in [1.165, 1.54) is 17.5 Å². The highest BCUT2D eigenvalue weighted by Crippen LogP contribution is 2.35. The minimum Gasteiger partial charge on any atom is -0.356 e. The third-order valence-corrected chi connectivity index (χ3v) is 7.35. The lowest BCUT2D eigenvalue weighted by molar-refractivity contribution is -0.121. The van der Waals surface area contributed by atoms with Crippen LogP contribution in [0.4, 0.5) is 5.82 Å². The topological polar surface area (TPSA) is 84.2 Å². The lowest BCUT2D eigenvalue weighted by Crippen LogP contribution is -2.31. The predicted octanol–water partition coefficient (Wildman–Crippen LogP) is 5.40. The van der Waals surface area contributed by atoms with Crippen molar-refractivity contribution in [1.82, 2.24) is 20.4 Å². The van der Waals surface area contributed by atoms with E-state index in [2.05, 4.69) is 44.6 Å². The summed E-state index contributed by atoms with van der Waals surface area (Å²) < 4.78 is 5.71. The summed E-state index contributed by atoms with van der Waals surface area (Å²) in [7, 11) is 0. The molecule has 0 bridgehead atoms.